The van der Waals surface area contributed by atoms with Gasteiger partial charge in [0.25, 0.3) is 5.91 Å². The molecule has 0 bridgehead atoms. The highest BCUT2D eigenvalue weighted by Gasteiger charge is 2.23. The minimum atomic E-state index is -0.174. The van der Waals surface area contributed by atoms with E-state index < -0.39 is 0 Å². The summed E-state index contributed by atoms with van der Waals surface area (Å²) in [5.41, 5.74) is 0.652. The van der Waals surface area contributed by atoms with E-state index in [1.807, 2.05) is 22.9 Å². The average molecular weight is 277 g/mol. The Balaban J connectivity index is 1.79. The molecule has 1 aliphatic rings. The van der Waals surface area contributed by atoms with Gasteiger partial charge in [-0.25, -0.2) is 9.97 Å². The summed E-state index contributed by atoms with van der Waals surface area (Å²) < 4.78 is 2.03. The van der Waals surface area contributed by atoms with E-state index in [2.05, 4.69) is 15.3 Å². The van der Waals surface area contributed by atoms with Gasteiger partial charge in [0.1, 0.15) is 11.5 Å². The first kappa shape index (κ1) is 12.2. The lowest BCUT2D eigenvalue weighted by Crippen LogP contribution is -2.23. The minimum Gasteiger partial charge on any atom is -0.340 e. The molecule has 1 aliphatic carbocycles. The third kappa shape index (κ3) is 2.46. The number of hydrogen-bond acceptors (Lipinski definition) is 3. The summed E-state index contributed by atoms with van der Waals surface area (Å²) in [6, 6.07) is 5.77. The number of carbonyl (C=O) groups excluding carboxylic acids is 1. The molecule has 0 radical (unpaired) electrons. The number of carbonyl (C=O) groups is 1. The predicted molar refractivity (Wildman–Crippen MR) is 72.3 cm³/mol. The van der Waals surface area contributed by atoms with Crippen molar-refractivity contribution in [3.8, 4) is 0 Å². The van der Waals surface area contributed by atoms with Crippen LogP contribution in [0.15, 0.2) is 30.6 Å². The number of anilines is 1. The van der Waals surface area contributed by atoms with Gasteiger partial charge in [0.05, 0.1) is 0 Å². The van der Waals surface area contributed by atoms with Gasteiger partial charge in [0.2, 0.25) is 5.28 Å². The summed E-state index contributed by atoms with van der Waals surface area (Å²) in [6.07, 6.45) is 6.95. The molecule has 0 aromatic carbocycles. The molecular formula is C13H13ClN4O. The van der Waals surface area contributed by atoms with Crippen LogP contribution < -0.4 is 5.32 Å². The molecule has 1 fully saturated rings. The van der Waals surface area contributed by atoms with Crippen molar-refractivity contribution in [3.05, 3.63) is 41.6 Å². The summed E-state index contributed by atoms with van der Waals surface area (Å²) in [5.74, 6) is 0.234. The van der Waals surface area contributed by atoms with Crippen molar-refractivity contribution in [1.29, 1.82) is 0 Å². The van der Waals surface area contributed by atoms with E-state index in [-0.39, 0.29) is 11.2 Å². The lowest BCUT2D eigenvalue weighted by molar-refractivity contribution is 0.101. The van der Waals surface area contributed by atoms with Crippen molar-refractivity contribution in [3.63, 3.8) is 0 Å². The fourth-order valence-electron chi connectivity index (χ4n) is 2.15. The second-order valence-corrected chi connectivity index (χ2v) is 4.89. The third-order valence-corrected chi connectivity index (χ3v) is 3.53. The number of nitrogens with one attached hydrogen (secondary N) is 1. The van der Waals surface area contributed by atoms with Gasteiger partial charge in [-0.15, -0.1) is 0 Å². The van der Waals surface area contributed by atoms with Crippen LogP contribution >= 0.6 is 11.6 Å². The van der Waals surface area contributed by atoms with E-state index in [0.717, 1.165) is 12.8 Å². The zero-order valence-electron chi connectivity index (χ0n) is 10.2. The van der Waals surface area contributed by atoms with Crippen LogP contribution in [0.25, 0.3) is 0 Å². The zero-order chi connectivity index (χ0) is 13.2. The first-order valence-corrected chi connectivity index (χ1v) is 6.58. The van der Waals surface area contributed by atoms with Crippen LogP contribution in [0.5, 0.6) is 0 Å². The summed E-state index contributed by atoms with van der Waals surface area (Å²) >= 11 is 5.69. The van der Waals surface area contributed by atoms with Gasteiger partial charge in [0, 0.05) is 18.4 Å². The fraction of sp³-hybridized carbons (Fsp3) is 0.308. The van der Waals surface area contributed by atoms with E-state index in [1.54, 1.807) is 6.07 Å². The summed E-state index contributed by atoms with van der Waals surface area (Å²) in [7, 11) is 0. The molecule has 6 heteroatoms. The van der Waals surface area contributed by atoms with Crippen molar-refractivity contribution in [2.45, 2.75) is 25.3 Å². The quantitative estimate of drug-likeness (QED) is 0.877. The molecule has 1 saturated carbocycles. The van der Waals surface area contributed by atoms with E-state index in [9.17, 15) is 4.79 Å². The lowest BCUT2D eigenvalue weighted by Gasteiger charge is -2.28. The molecule has 1 N–H and O–H groups in total. The Hall–Kier alpha value is -1.88. The molecule has 3 rings (SSSR count). The highest BCUT2D eigenvalue weighted by molar-refractivity contribution is 6.28. The smallest absolute Gasteiger partial charge is 0.273 e. The zero-order valence-corrected chi connectivity index (χ0v) is 11.0. The van der Waals surface area contributed by atoms with Crippen LogP contribution in [-0.2, 0) is 0 Å². The maximum atomic E-state index is 12.2. The Labute approximate surface area is 115 Å². The van der Waals surface area contributed by atoms with Crippen LogP contribution in [0.4, 0.5) is 5.82 Å². The number of hydrogen-bond donors (Lipinski definition) is 1. The van der Waals surface area contributed by atoms with Gasteiger partial charge in [-0.3, -0.25) is 4.79 Å². The number of halogens is 1. The Morgan fingerprint density at radius 3 is 2.95 bits per heavy atom. The highest BCUT2D eigenvalue weighted by atomic mass is 35.5. The van der Waals surface area contributed by atoms with Gasteiger partial charge in [0.15, 0.2) is 0 Å². The molecule has 0 spiro atoms. The monoisotopic (exact) mass is 276 g/mol. The van der Waals surface area contributed by atoms with Gasteiger partial charge in [-0.2, -0.15) is 0 Å². The highest BCUT2D eigenvalue weighted by Crippen LogP contribution is 2.32. The Morgan fingerprint density at radius 1 is 1.42 bits per heavy atom. The molecule has 5 nitrogen and oxygen atoms in total. The summed E-state index contributed by atoms with van der Waals surface area (Å²) in [5, 5.41) is 2.85. The fourth-order valence-corrected chi connectivity index (χ4v) is 2.30. The molecule has 98 valence electrons. The maximum absolute atomic E-state index is 12.2. The van der Waals surface area contributed by atoms with Crippen molar-refractivity contribution in [1.82, 2.24) is 14.5 Å². The number of amides is 1. The first-order chi connectivity index (χ1) is 9.24. The normalized spacial score (nSPS) is 15.0. The minimum absolute atomic E-state index is 0.118. The average Bonchev–Trinajstić information content (AvgIpc) is 2.75. The first-order valence-electron chi connectivity index (χ1n) is 6.21. The molecule has 0 aliphatic heterocycles. The molecule has 1 amide bonds. The second kappa shape index (κ2) is 5.01. The largest absolute Gasteiger partial charge is 0.340 e. The third-order valence-electron chi connectivity index (χ3n) is 3.35. The van der Waals surface area contributed by atoms with E-state index in [1.165, 1.54) is 12.6 Å². The van der Waals surface area contributed by atoms with Gasteiger partial charge >= 0.3 is 0 Å². The predicted octanol–water partition coefficient (Wildman–Crippen LogP) is 2.91. The number of rotatable bonds is 3. The molecule has 0 saturated heterocycles. The Morgan fingerprint density at radius 2 is 2.26 bits per heavy atom. The topological polar surface area (TPSA) is 59.8 Å². The van der Waals surface area contributed by atoms with Gasteiger partial charge in [-0.1, -0.05) is 0 Å². The van der Waals surface area contributed by atoms with E-state index >= 15 is 0 Å². The summed E-state index contributed by atoms with van der Waals surface area (Å²) in [4.78, 5) is 19.9. The Bertz CT molecular complexity index is 606. The van der Waals surface area contributed by atoms with Crippen LogP contribution in [0, 0.1) is 0 Å². The second-order valence-electron chi connectivity index (χ2n) is 4.55. The van der Waals surface area contributed by atoms with Crippen LogP contribution in [-0.4, -0.2) is 20.4 Å². The molecular weight excluding hydrogens is 264 g/mol. The van der Waals surface area contributed by atoms with Gasteiger partial charge < -0.3 is 9.88 Å². The molecule has 2 aromatic heterocycles. The molecule has 0 atom stereocenters. The van der Waals surface area contributed by atoms with Crippen LogP contribution in [0.2, 0.25) is 5.28 Å². The van der Waals surface area contributed by atoms with Crippen molar-refractivity contribution in [2.24, 2.45) is 0 Å². The van der Waals surface area contributed by atoms with Gasteiger partial charge in [-0.05, 0) is 49.1 Å². The number of aromatic nitrogens is 3. The maximum Gasteiger partial charge on any atom is 0.273 e. The lowest BCUT2D eigenvalue weighted by atomic mass is 9.93. The Kier molecular flexibility index (Phi) is 3.21. The van der Waals surface area contributed by atoms with E-state index in [4.69, 9.17) is 11.6 Å². The molecule has 0 unspecified atom stereocenters. The summed E-state index contributed by atoms with van der Waals surface area (Å²) in [6.45, 7) is 0. The molecule has 2 aromatic rings. The SMILES string of the molecule is O=C(Nc1ccnc(Cl)n1)c1cccn1C1CCC1. The van der Waals surface area contributed by atoms with Crippen LogP contribution in [0.3, 0.4) is 0 Å². The molecule has 2 heterocycles. The van der Waals surface area contributed by atoms with E-state index in [0.29, 0.717) is 17.6 Å². The van der Waals surface area contributed by atoms with Crippen LogP contribution in [0.1, 0.15) is 35.8 Å². The standard InChI is InChI=1S/C13H13ClN4O/c14-13-15-7-6-11(17-13)16-12(19)10-5-2-8-18(10)9-3-1-4-9/h2,5-9H,1,3-4H2,(H,15,16,17,19). The molecule has 19 heavy (non-hydrogen) atoms. The number of nitrogens with zero attached hydrogens (tertiary/aromatic N) is 3. The van der Waals surface area contributed by atoms with Crippen molar-refractivity contribution >= 4 is 23.3 Å². The van der Waals surface area contributed by atoms with Crippen molar-refractivity contribution < 1.29 is 4.79 Å². The van der Waals surface area contributed by atoms with Crippen molar-refractivity contribution in [2.75, 3.05) is 5.32 Å².